The first kappa shape index (κ1) is 9.96. The molecule has 0 aliphatic heterocycles. The van der Waals surface area contributed by atoms with Crippen LogP contribution < -0.4 is 0 Å². The van der Waals surface area contributed by atoms with Crippen LogP contribution in [-0.2, 0) is 7.05 Å². The van der Waals surface area contributed by atoms with Crippen molar-refractivity contribution >= 4 is 11.6 Å². The molecule has 0 radical (unpaired) electrons. The van der Waals surface area contributed by atoms with Crippen molar-refractivity contribution in [2.24, 2.45) is 13.0 Å². The Morgan fingerprint density at radius 1 is 1.57 bits per heavy atom. The Morgan fingerprint density at radius 2 is 2.21 bits per heavy atom. The van der Waals surface area contributed by atoms with Crippen molar-refractivity contribution in [2.45, 2.75) is 25.0 Å². The number of aliphatic hydroxyl groups excluding tert-OH is 2. The maximum atomic E-state index is 9.85. The Kier molecular flexibility index (Phi) is 2.51. The Labute approximate surface area is 87.1 Å². The van der Waals surface area contributed by atoms with Gasteiger partial charge in [0.1, 0.15) is 6.10 Å². The van der Waals surface area contributed by atoms with E-state index in [0.717, 1.165) is 12.8 Å². The van der Waals surface area contributed by atoms with E-state index in [9.17, 15) is 10.2 Å². The van der Waals surface area contributed by atoms with Gasteiger partial charge in [0.2, 0.25) is 0 Å². The maximum absolute atomic E-state index is 9.85. The van der Waals surface area contributed by atoms with Crippen LogP contribution in [0.15, 0.2) is 6.20 Å². The topological polar surface area (TPSA) is 58.3 Å². The van der Waals surface area contributed by atoms with E-state index in [0.29, 0.717) is 10.7 Å². The highest BCUT2D eigenvalue weighted by Crippen LogP contribution is 2.39. The molecule has 1 aliphatic carbocycles. The highest BCUT2D eigenvalue weighted by atomic mass is 35.5. The lowest BCUT2D eigenvalue weighted by atomic mass is 10.1. The molecule has 1 saturated carbocycles. The summed E-state index contributed by atoms with van der Waals surface area (Å²) >= 11 is 5.85. The van der Waals surface area contributed by atoms with Gasteiger partial charge in [-0.15, -0.1) is 0 Å². The summed E-state index contributed by atoms with van der Waals surface area (Å²) in [5.74, 6) is 0.218. The summed E-state index contributed by atoms with van der Waals surface area (Å²) in [6, 6.07) is 0. The zero-order chi connectivity index (χ0) is 10.3. The van der Waals surface area contributed by atoms with E-state index in [1.807, 2.05) is 0 Å². The third-order valence-electron chi connectivity index (χ3n) is 2.65. The second-order valence-corrected chi connectivity index (χ2v) is 4.18. The second-order valence-electron chi connectivity index (χ2n) is 3.77. The SMILES string of the molecule is Cn1ncc(Cl)c1C(O)C(O)C1CC1. The lowest BCUT2D eigenvalue weighted by molar-refractivity contribution is 0.000412. The molecule has 0 spiro atoms. The van der Waals surface area contributed by atoms with E-state index in [-0.39, 0.29) is 5.92 Å². The molecule has 0 aromatic carbocycles. The smallest absolute Gasteiger partial charge is 0.123 e. The van der Waals surface area contributed by atoms with Crippen molar-refractivity contribution in [1.82, 2.24) is 9.78 Å². The first-order valence-electron chi connectivity index (χ1n) is 4.64. The van der Waals surface area contributed by atoms with Gasteiger partial charge in [-0.25, -0.2) is 0 Å². The van der Waals surface area contributed by atoms with Crippen molar-refractivity contribution in [3.05, 3.63) is 16.9 Å². The third kappa shape index (κ3) is 1.65. The Hall–Kier alpha value is -0.580. The van der Waals surface area contributed by atoms with E-state index >= 15 is 0 Å². The number of hydrogen-bond acceptors (Lipinski definition) is 3. The zero-order valence-electron chi connectivity index (χ0n) is 7.89. The van der Waals surface area contributed by atoms with Gasteiger partial charge < -0.3 is 10.2 Å². The molecule has 14 heavy (non-hydrogen) atoms. The number of hydrogen-bond donors (Lipinski definition) is 2. The van der Waals surface area contributed by atoms with Crippen LogP contribution >= 0.6 is 11.6 Å². The van der Waals surface area contributed by atoms with Gasteiger partial charge in [0, 0.05) is 7.05 Å². The highest BCUT2D eigenvalue weighted by Gasteiger charge is 2.37. The molecule has 0 amide bonds. The minimum absolute atomic E-state index is 0.218. The number of aromatic nitrogens is 2. The fourth-order valence-electron chi connectivity index (χ4n) is 1.61. The fourth-order valence-corrected chi connectivity index (χ4v) is 1.89. The van der Waals surface area contributed by atoms with Gasteiger partial charge in [0.05, 0.1) is 23.0 Å². The molecule has 1 aromatic rings. The summed E-state index contributed by atoms with van der Waals surface area (Å²) in [5, 5.41) is 23.9. The van der Waals surface area contributed by atoms with Gasteiger partial charge in [-0.1, -0.05) is 11.6 Å². The molecule has 2 N–H and O–H groups in total. The minimum atomic E-state index is -0.928. The van der Waals surface area contributed by atoms with Gasteiger partial charge in [-0.3, -0.25) is 4.68 Å². The predicted octanol–water partition coefficient (Wildman–Crippen LogP) is 0.878. The highest BCUT2D eigenvalue weighted by molar-refractivity contribution is 6.31. The van der Waals surface area contributed by atoms with Crippen molar-refractivity contribution in [2.75, 3.05) is 0 Å². The van der Waals surface area contributed by atoms with E-state index in [4.69, 9.17) is 11.6 Å². The molecule has 2 rings (SSSR count). The fraction of sp³-hybridized carbons (Fsp3) is 0.667. The first-order chi connectivity index (χ1) is 6.61. The Balaban J connectivity index is 2.20. The normalized spacial score (nSPS) is 20.9. The molecule has 78 valence electrons. The summed E-state index contributed by atoms with van der Waals surface area (Å²) in [7, 11) is 1.70. The van der Waals surface area contributed by atoms with Crippen LogP contribution in [0.1, 0.15) is 24.6 Å². The largest absolute Gasteiger partial charge is 0.390 e. The van der Waals surface area contributed by atoms with Crippen LogP contribution in [0.5, 0.6) is 0 Å². The Morgan fingerprint density at radius 3 is 2.64 bits per heavy atom. The molecule has 2 atom stereocenters. The van der Waals surface area contributed by atoms with Crippen LogP contribution in [0.2, 0.25) is 5.02 Å². The van der Waals surface area contributed by atoms with Crippen LogP contribution in [0.25, 0.3) is 0 Å². The number of rotatable bonds is 3. The van der Waals surface area contributed by atoms with Gasteiger partial charge in [0.15, 0.2) is 0 Å². The van der Waals surface area contributed by atoms with Crippen LogP contribution in [0, 0.1) is 5.92 Å². The third-order valence-corrected chi connectivity index (χ3v) is 2.94. The maximum Gasteiger partial charge on any atom is 0.123 e. The van der Waals surface area contributed by atoms with Gasteiger partial charge in [-0.05, 0) is 18.8 Å². The molecule has 5 heteroatoms. The summed E-state index contributed by atoms with van der Waals surface area (Å²) < 4.78 is 1.50. The lowest BCUT2D eigenvalue weighted by Crippen LogP contribution is -2.22. The molecule has 1 aromatic heterocycles. The van der Waals surface area contributed by atoms with Gasteiger partial charge >= 0.3 is 0 Å². The molecule has 1 heterocycles. The standard InChI is InChI=1S/C9H13ClN2O2/c1-12-7(6(10)4-11-12)9(14)8(13)5-2-3-5/h4-5,8-9,13-14H,2-3H2,1H3. The van der Waals surface area contributed by atoms with Gasteiger partial charge in [0.25, 0.3) is 0 Å². The summed E-state index contributed by atoms with van der Waals surface area (Å²) in [5.41, 5.74) is 0.492. The van der Waals surface area contributed by atoms with Gasteiger partial charge in [-0.2, -0.15) is 5.10 Å². The van der Waals surface area contributed by atoms with Crippen LogP contribution in [0.3, 0.4) is 0 Å². The molecule has 4 nitrogen and oxygen atoms in total. The summed E-state index contributed by atoms with van der Waals surface area (Å²) in [6.45, 7) is 0. The van der Waals surface area contributed by atoms with Crippen molar-refractivity contribution in [1.29, 1.82) is 0 Å². The lowest BCUT2D eigenvalue weighted by Gasteiger charge is -2.17. The zero-order valence-corrected chi connectivity index (χ0v) is 8.65. The molecule has 1 fully saturated rings. The first-order valence-corrected chi connectivity index (χ1v) is 5.02. The second kappa shape index (κ2) is 3.53. The summed E-state index contributed by atoms with van der Waals surface area (Å²) in [4.78, 5) is 0. The van der Waals surface area contributed by atoms with Crippen molar-refractivity contribution in [3.63, 3.8) is 0 Å². The Bertz CT molecular complexity index is 316. The number of aliphatic hydroxyl groups is 2. The van der Waals surface area contributed by atoms with Crippen molar-refractivity contribution < 1.29 is 10.2 Å². The molecule has 2 unspecified atom stereocenters. The number of halogens is 1. The van der Waals surface area contributed by atoms with E-state index in [1.165, 1.54) is 10.9 Å². The minimum Gasteiger partial charge on any atom is -0.390 e. The van der Waals surface area contributed by atoms with E-state index in [1.54, 1.807) is 7.05 Å². The van der Waals surface area contributed by atoms with E-state index in [2.05, 4.69) is 5.10 Å². The molecule has 0 bridgehead atoms. The summed E-state index contributed by atoms with van der Waals surface area (Å²) in [6.07, 6.45) is 1.78. The molecule has 0 saturated heterocycles. The average molecular weight is 217 g/mol. The molecular formula is C9H13ClN2O2. The average Bonchev–Trinajstić information content (AvgIpc) is 2.92. The van der Waals surface area contributed by atoms with Crippen LogP contribution in [0.4, 0.5) is 0 Å². The van der Waals surface area contributed by atoms with Crippen molar-refractivity contribution in [3.8, 4) is 0 Å². The number of nitrogens with zero attached hydrogens (tertiary/aromatic N) is 2. The van der Waals surface area contributed by atoms with E-state index < -0.39 is 12.2 Å². The predicted molar refractivity (Wildman–Crippen MR) is 51.9 cm³/mol. The van der Waals surface area contributed by atoms with Crippen LogP contribution in [-0.4, -0.2) is 26.1 Å². The number of aryl methyl sites for hydroxylation is 1. The molecule has 1 aliphatic rings. The quantitative estimate of drug-likeness (QED) is 0.789. The monoisotopic (exact) mass is 216 g/mol. The molecular weight excluding hydrogens is 204 g/mol.